The molecule has 0 bridgehead atoms. The molecule has 1 aromatic carbocycles. The molecule has 1 amide bonds. The third-order valence-electron chi connectivity index (χ3n) is 2.81. The van der Waals surface area contributed by atoms with Gasteiger partial charge in [0.1, 0.15) is 0 Å². The molecule has 0 saturated heterocycles. The number of carbonyl (C=O) groups excluding carboxylic acids is 1. The number of hydrogen-bond donors (Lipinski definition) is 2. The van der Waals surface area contributed by atoms with Crippen molar-refractivity contribution in [2.45, 2.75) is 13.5 Å². The van der Waals surface area contributed by atoms with Crippen molar-refractivity contribution in [1.82, 2.24) is 5.32 Å². The number of rotatable bonds is 5. The maximum Gasteiger partial charge on any atom is 0.328 e. The molecule has 21 heavy (non-hydrogen) atoms. The van der Waals surface area contributed by atoms with Gasteiger partial charge < -0.3 is 10.4 Å². The van der Waals surface area contributed by atoms with Crippen molar-refractivity contribution in [3.63, 3.8) is 0 Å². The van der Waals surface area contributed by atoms with Gasteiger partial charge in [-0.05, 0) is 58.6 Å². The molecular weight excluding hydrogens is 286 g/mol. The number of carboxylic acids is 1. The first-order valence-corrected chi connectivity index (χ1v) is 7.31. The van der Waals surface area contributed by atoms with Gasteiger partial charge in [0.05, 0.1) is 0 Å². The van der Waals surface area contributed by atoms with E-state index in [1.807, 2.05) is 29.8 Å². The highest BCUT2D eigenvalue weighted by Crippen LogP contribution is 2.12. The summed E-state index contributed by atoms with van der Waals surface area (Å²) in [7, 11) is 0. The quantitative estimate of drug-likeness (QED) is 0.834. The van der Waals surface area contributed by atoms with Gasteiger partial charge in [0.25, 0.3) is 5.91 Å². The summed E-state index contributed by atoms with van der Waals surface area (Å²) in [6, 6.07) is 7.24. The fourth-order valence-corrected chi connectivity index (χ4v) is 2.55. The molecule has 0 aliphatic carbocycles. The number of thiophene rings is 1. The number of nitrogens with one attached hydrogen (secondary N) is 1. The maximum atomic E-state index is 12.1. The largest absolute Gasteiger partial charge is 0.478 e. The van der Waals surface area contributed by atoms with Crippen molar-refractivity contribution < 1.29 is 14.7 Å². The van der Waals surface area contributed by atoms with Crippen molar-refractivity contribution in [2.24, 2.45) is 0 Å². The second-order valence-corrected chi connectivity index (χ2v) is 5.40. The summed E-state index contributed by atoms with van der Waals surface area (Å²) in [5.74, 6) is -1.19. The van der Waals surface area contributed by atoms with Crippen molar-refractivity contribution >= 4 is 29.3 Å². The van der Waals surface area contributed by atoms with Crippen LogP contribution in [0.3, 0.4) is 0 Å². The van der Waals surface area contributed by atoms with Gasteiger partial charge in [-0.1, -0.05) is 6.07 Å². The minimum Gasteiger partial charge on any atom is -0.478 e. The number of carbonyl (C=O) groups is 2. The SMILES string of the molecule is Cc1cc(/C=C/C(=O)O)cc(C(=O)NCc2ccsc2)c1. The van der Waals surface area contributed by atoms with Crippen molar-refractivity contribution in [3.05, 3.63) is 63.4 Å². The van der Waals surface area contributed by atoms with Crippen LogP contribution in [0.25, 0.3) is 6.08 Å². The highest BCUT2D eigenvalue weighted by atomic mass is 32.1. The van der Waals surface area contributed by atoms with Crippen molar-refractivity contribution in [3.8, 4) is 0 Å². The van der Waals surface area contributed by atoms with Crippen molar-refractivity contribution in [1.29, 1.82) is 0 Å². The molecule has 0 atom stereocenters. The first kappa shape index (κ1) is 15.0. The first-order valence-electron chi connectivity index (χ1n) is 6.36. The highest BCUT2D eigenvalue weighted by Gasteiger charge is 2.07. The highest BCUT2D eigenvalue weighted by molar-refractivity contribution is 7.07. The van der Waals surface area contributed by atoms with Crippen LogP contribution >= 0.6 is 11.3 Å². The summed E-state index contributed by atoms with van der Waals surface area (Å²) in [4.78, 5) is 22.7. The van der Waals surface area contributed by atoms with E-state index >= 15 is 0 Å². The summed E-state index contributed by atoms with van der Waals surface area (Å²) < 4.78 is 0. The Balaban J connectivity index is 2.11. The van der Waals surface area contributed by atoms with E-state index in [4.69, 9.17) is 5.11 Å². The molecule has 0 unspecified atom stereocenters. The maximum absolute atomic E-state index is 12.1. The number of aliphatic carboxylic acids is 1. The molecule has 2 aromatic rings. The number of hydrogen-bond acceptors (Lipinski definition) is 3. The molecule has 2 N–H and O–H groups in total. The van der Waals surface area contributed by atoms with E-state index in [0.29, 0.717) is 17.7 Å². The zero-order chi connectivity index (χ0) is 15.2. The fourth-order valence-electron chi connectivity index (χ4n) is 1.89. The molecule has 0 saturated carbocycles. The van der Waals surface area contributed by atoms with E-state index in [-0.39, 0.29) is 5.91 Å². The average molecular weight is 301 g/mol. The molecule has 0 radical (unpaired) electrons. The Labute approximate surface area is 126 Å². The summed E-state index contributed by atoms with van der Waals surface area (Å²) in [5, 5.41) is 15.4. The lowest BCUT2D eigenvalue weighted by molar-refractivity contribution is -0.131. The van der Waals surface area contributed by atoms with Gasteiger partial charge in [0.2, 0.25) is 0 Å². The van der Waals surface area contributed by atoms with Crippen LogP contribution in [0.4, 0.5) is 0 Å². The van der Waals surface area contributed by atoms with E-state index in [2.05, 4.69) is 5.32 Å². The Hall–Kier alpha value is -2.40. The van der Waals surface area contributed by atoms with Crippen LogP contribution in [-0.4, -0.2) is 17.0 Å². The van der Waals surface area contributed by atoms with Crippen LogP contribution in [0, 0.1) is 6.92 Å². The lowest BCUT2D eigenvalue weighted by Gasteiger charge is -2.06. The van der Waals surface area contributed by atoms with Crippen LogP contribution in [0.15, 0.2) is 41.1 Å². The minimum atomic E-state index is -1.01. The number of benzene rings is 1. The van der Waals surface area contributed by atoms with Crippen LogP contribution in [-0.2, 0) is 11.3 Å². The van der Waals surface area contributed by atoms with Crippen molar-refractivity contribution in [2.75, 3.05) is 0 Å². The van der Waals surface area contributed by atoms with E-state index in [1.54, 1.807) is 23.5 Å². The lowest BCUT2D eigenvalue weighted by atomic mass is 10.1. The molecular formula is C16H15NO3S. The summed E-state index contributed by atoms with van der Waals surface area (Å²) in [6.45, 7) is 2.35. The fraction of sp³-hybridized carbons (Fsp3) is 0.125. The Kier molecular flexibility index (Phi) is 4.90. The van der Waals surface area contributed by atoms with Gasteiger partial charge in [-0.2, -0.15) is 11.3 Å². The summed E-state index contributed by atoms with van der Waals surface area (Å²) >= 11 is 1.59. The van der Waals surface area contributed by atoms with E-state index in [0.717, 1.165) is 17.2 Å². The van der Waals surface area contributed by atoms with Gasteiger partial charge in [0, 0.05) is 18.2 Å². The summed E-state index contributed by atoms with van der Waals surface area (Å²) in [5.41, 5.74) is 3.18. The first-order chi connectivity index (χ1) is 10.0. The van der Waals surface area contributed by atoms with Gasteiger partial charge in [-0.25, -0.2) is 4.79 Å². The molecule has 1 heterocycles. The standard InChI is InChI=1S/C16H15NO3S/c1-11-6-12(2-3-15(18)19)8-14(7-11)16(20)17-9-13-4-5-21-10-13/h2-8,10H,9H2,1H3,(H,17,20)(H,18,19)/b3-2+. The molecule has 0 fully saturated rings. The number of carboxylic acid groups (broad SMARTS) is 1. The molecule has 4 nitrogen and oxygen atoms in total. The molecule has 108 valence electrons. The predicted octanol–water partition coefficient (Wildman–Crippen LogP) is 3.08. The molecule has 2 rings (SSSR count). The van der Waals surface area contributed by atoms with Gasteiger partial charge >= 0.3 is 5.97 Å². The monoisotopic (exact) mass is 301 g/mol. The normalized spacial score (nSPS) is 10.7. The Morgan fingerprint density at radius 3 is 2.81 bits per heavy atom. The average Bonchev–Trinajstić information content (AvgIpc) is 2.95. The topological polar surface area (TPSA) is 66.4 Å². The number of amides is 1. The predicted molar refractivity (Wildman–Crippen MR) is 83.3 cm³/mol. The van der Waals surface area contributed by atoms with Gasteiger partial charge in [-0.3, -0.25) is 4.79 Å². The van der Waals surface area contributed by atoms with Crippen LogP contribution < -0.4 is 5.32 Å². The Morgan fingerprint density at radius 2 is 2.14 bits per heavy atom. The zero-order valence-corrected chi connectivity index (χ0v) is 12.3. The lowest BCUT2D eigenvalue weighted by Crippen LogP contribution is -2.22. The van der Waals surface area contributed by atoms with Crippen LogP contribution in [0.1, 0.15) is 27.0 Å². The third-order valence-corrected chi connectivity index (χ3v) is 3.55. The molecule has 0 aliphatic rings. The molecule has 0 spiro atoms. The third kappa shape index (κ3) is 4.57. The summed E-state index contributed by atoms with van der Waals surface area (Å²) in [6.07, 6.45) is 2.53. The van der Waals surface area contributed by atoms with Crippen LogP contribution in [0.2, 0.25) is 0 Å². The second-order valence-electron chi connectivity index (χ2n) is 4.62. The second kappa shape index (κ2) is 6.85. The molecule has 1 aromatic heterocycles. The number of aryl methyl sites for hydroxylation is 1. The Morgan fingerprint density at radius 1 is 1.33 bits per heavy atom. The smallest absolute Gasteiger partial charge is 0.328 e. The van der Waals surface area contributed by atoms with E-state index < -0.39 is 5.97 Å². The van der Waals surface area contributed by atoms with E-state index in [1.165, 1.54) is 6.08 Å². The zero-order valence-electron chi connectivity index (χ0n) is 11.5. The van der Waals surface area contributed by atoms with Crippen LogP contribution in [0.5, 0.6) is 0 Å². The van der Waals surface area contributed by atoms with Gasteiger partial charge in [-0.15, -0.1) is 0 Å². The molecule has 0 aliphatic heterocycles. The van der Waals surface area contributed by atoms with E-state index in [9.17, 15) is 9.59 Å². The Bertz CT molecular complexity index is 675. The van der Waals surface area contributed by atoms with Gasteiger partial charge in [0.15, 0.2) is 0 Å². The molecule has 5 heteroatoms. The minimum absolute atomic E-state index is 0.171.